The van der Waals surface area contributed by atoms with Gasteiger partial charge in [0, 0.05) is 12.6 Å². The maximum atomic E-state index is 6.94. The van der Waals surface area contributed by atoms with E-state index in [0.717, 1.165) is 6.54 Å². The summed E-state index contributed by atoms with van der Waals surface area (Å²) < 4.78 is 6.94. The molecule has 0 radical (unpaired) electrons. The third-order valence-electron chi connectivity index (χ3n) is 7.87. The van der Waals surface area contributed by atoms with E-state index >= 15 is 0 Å². The van der Waals surface area contributed by atoms with Gasteiger partial charge in [-0.3, -0.25) is 0 Å². The van der Waals surface area contributed by atoms with Crippen LogP contribution >= 0.6 is 0 Å². The summed E-state index contributed by atoms with van der Waals surface area (Å²) in [6.07, 6.45) is 19.8. The Morgan fingerprint density at radius 1 is 0.765 bits per heavy atom. The maximum Gasteiger partial charge on any atom is 0.192 e. The molecule has 0 saturated heterocycles. The van der Waals surface area contributed by atoms with Crippen LogP contribution in [0.2, 0.25) is 18.1 Å². The summed E-state index contributed by atoms with van der Waals surface area (Å²) in [5.74, 6) is 0. The topological polar surface area (TPSA) is 21.3 Å². The second-order valence-electron chi connectivity index (χ2n) is 12.1. The van der Waals surface area contributed by atoms with Crippen LogP contribution in [0, 0.1) is 0 Å². The molecule has 1 aromatic carbocycles. The number of hydrogen-bond donors (Lipinski definition) is 1. The fourth-order valence-corrected chi connectivity index (χ4v) is 5.77. The lowest BCUT2D eigenvalue weighted by Gasteiger charge is -2.41. The standard InChI is InChI=1S/C31H59NOSi/c1-8-9-10-11-12-13-14-15-16-17-18-19-23-26-30(33-34(6,7)31(3,4)5)28(2)32-27-29-24-21-20-22-25-29/h20-22,24-25,28,30,32H,8-19,23,26-27H2,1-7H3/t28-,30-/m1/s1. The first-order valence-corrected chi connectivity index (χ1v) is 17.5. The Morgan fingerprint density at radius 3 is 1.71 bits per heavy atom. The predicted octanol–water partition coefficient (Wildman–Crippen LogP) is 10.0. The van der Waals surface area contributed by atoms with Gasteiger partial charge < -0.3 is 9.74 Å². The molecule has 0 aliphatic carbocycles. The zero-order valence-electron chi connectivity index (χ0n) is 24.1. The van der Waals surface area contributed by atoms with Gasteiger partial charge in [0.15, 0.2) is 8.32 Å². The number of nitrogens with one attached hydrogen (secondary N) is 1. The van der Waals surface area contributed by atoms with E-state index in [1.807, 2.05) is 0 Å². The second kappa shape index (κ2) is 17.7. The third-order valence-corrected chi connectivity index (χ3v) is 12.4. The average molecular weight is 490 g/mol. The molecule has 0 saturated carbocycles. The van der Waals surface area contributed by atoms with E-state index in [2.05, 4.69) is 83.4 Å². The van der Waals surface area contributed by atoms with Crippen LogP contribution in [0.25, 0.3) is 0 Å². The molecule has 0 spiro atoms. The lowest BCUT2D eigenvalue weighted by molar-refractivity contribution is 0.129. The molecule has 0 aliphatic rings. The molecule has 0 bridgehead atoms. The van der Waals surface area contributed by atoms with Crippen molar-refractivity contribution in [2.45, 2.75) is 161 Å². The van der Waals surface area contributed by atoms with Gasteiger partial charge in [0.1, 0.15) is 0 Å². The Morgan fingerprint density at radius 2 is 1.24 bits per heavy atom. The van der Waals surface area contributed by atoms with Crippen LogP contribution in [0.15, 0.2) is 30.3 Å². The normalized spacial score (nSPS) is 14.3. The molecule has 2 nitrogen and oxygen atoms in total. The van der Waals surface area contributed by atoms with Crippen molar-refractivity contribution < 1.29 is 4.43 Å². The van der Waals surface area contributed by atoms with Gasteiger partial charge in [-0.05, 0) is 37.0 Å². The smallest absolute Gasteiger partial charge is 0.192 e. The quantitative estimate of drug-likeness (QED) is 0.145. The van der Waals surface area contributed by atoms with Gasteiger partial charge in [0.25, 0.3) is 0 Å². The van der Waals surface area contributed by atoms with E-state index in [1.54, 1.807) is 0 Å². The van der Waals surface area contributed by atoms with Crippen molar-refractivity contribution in [2.24, 2.45) is 0 Å². The minimum absolute atomic E-state index is 0.250. The molecule has 0 unspecified atom stereocenters. The predicted molar refractivity (Wildman–Crippen MR) is 155 cm³/mol. The van der Waals surface area contributed by atoms with Gasteiger partial charge in [-0.15, -0.1) is 0 Å². The summed E-state index contributed by atoms with van der Waals surface area (Å²) in [5, 5.41) is 4.02. The highest BCUT2D eigenvalue weighted by atomic mass is 28.4. The third kappa shape index (κ3) is 14.0. The van der Waals surface area contributed by atoms with E-state index in [-0.39, 0.29) is 5.04 Å². The fraction of sp³-hybridized carbons (Fsp3) is 0.806. The van der Waals surface area contributed by atoms with Crippen molar-refractivity contribution in [3.05, 3.63) is 35.9 Å². The SMILES string of the molecule is CCCCCCCCCCCCCCC[C@@H](O[Si](C)(C)C(C)(C)C)[C@@H](C)NCc1ccccc1. The zero-order valence-corrected chi connectivity index (χ0v) is 25.1. The molecule has 0 fully saturated rings. The van der Waals surface area contributed by atoms with Crippen LogP contribution < -0.4 is 5.32 Å². The minimum Gasteiger partial charge on any atom is -0.412 e. The van der Waals surface area contributed by atoms with Gasteiger partial charge in [0.05, 0.1) is 6.10 Å². The Bertz CT molecular complexity index is 595. The Labute approximate surface area is 215 Å². The number of hydrogen-bond acceptors (Lipinski definition) is 2. The van der Waals surface area contributed by atoms with Crippen molar-refractivity contribution in [3.63, 3.8) is 0 Å². The van der Waals surface area contributed by atoms with Gasteiger partial charge in [0.2, 0.25) is 0 Å². The molecule has 2 atom stereocenters. The fourth-order valence-electron chi connectivity index (χ4n) is 4.34. The first-order chi connectivity index (χ1) is 16.2. The summed E-state index contributed by atoms with van der Waals surface area (Å²) in [5.41, 5.74) is 1.35. The van der Waals surface area contributed by atoms with Crippen LogP contribution in [0.5, 0.6) is 0 Å². The van der Waals surface area contributed by atoms with Crippen molar-refractivity contribution >= 4 is 8.32 Å². The summed E-state index contributed by atoms with van der Waals surface area (Å²) in [7, 11) is -1.78. The first-order valence-electron chi connectivity index (χ1n) is 14.6. The van der Waals surface area contributed by atoms with E-state index < -0.39 is 8.32 Å². The molecule has 1 aromatic rings. The van der Waals surface area contributed by atoms with E-state index in [1.165, 1.54) is 95.5 Å². The maximum absolute atomic E-state index is 6.94. The van der Waals surface area contributed by atoms with E-state index in [4.69, 9.17) is 4.43 Å². The number of rotatable bonds is 20. The van der Waals surface area contributed by atoms with Crippen molar-refractivity contribution in [2.75, 3.05) is 0 Å². The highest BCUT2D eigenvalue weighted by molar-refractivity contribution is 6.74. The number of unbranched alkanes of at least 4 members (excludes halogenated alkanes) is 12. The lowest BCUT2D eigenvalue weighted by atomic mass is 10.0. The monoisotopic (exact) mass is 489 g/mol. The van der Waals surface area contributed by atoms with Gasteiger partial charge in [-0.25, -0.2) is 0 Å². The summed E-state index contributed by atoms with van der Waals surface area (Å²) in [4.78, 5) is 0. The van der Waals surface area contributed by atoms with E-state index in [9.17, 15) is 0 Å². The first kappa shape index (κ1) is 31.4. The van der Waals surface area contributed by atoms with Crippen LogP contribution in [0.4, 0.5) is 0 Å². The Kier molecular flexibility index (Phi) is 16.4. The van der Waals surface area contributed by atoms with Crippen LogP contribution in [0.3, 0.4) is 0 Å². The Balaban J connectivity index is 2.33. The van der Waals surface area contributed by atoms with Gasteiger partial charge in [-0.2, -0.15) is 0 Å². The molecule has 198 valence electrons. The van der Waals surface area contributed by atoms with Crippen molar-refractivity contribution in [1.82, 2.24) is 5.32 Å². The largest absolute Gasteiger partial charge is 0.412 e. The summed E-state index contributed by atoms with van der Waals surface area (Å²) in [6, 6.07) is 11.1. The molecule has 0 aliphatic heterocycles. The zero-order chi connectivity index (χ0) is 25.3. The summed E-state index contributed by atoms with van der Waals surface area (Å²) in [6.45, 7) is 17.4. The van der Waals surface area contributed by atoms with Crippen molar-refractivity contribution in [1.29, 1.82) is 0 Å². The summed E-state index contributed by atoms with van der Waals surface area (Å²) >= 11 is 0. The average Bonchev–Trinajstić information content (AvgIpc) is 2.79. The molecule has 0 heterocycles. The van der Waals surface area contributed by atoms with Crippen molar-refractivity contribution in [3.8, 4) is 0 Å². The highest BCUT2D eigenvalue weighted by Crippen LogP contribution is 2.38. The molecule has 0 aromatic heterocycles. The number of benzene rings is 1. The second-order valence-corrected chi connectivity index (χ2v) is 16.9. The molecular formula is C31H59NOSi. The van der Waals surface area contributed by atoms with Crippen LogP contribution in [-0.2, 0) is 11.0 Å². The lowest BCUT2D eigenvalue weighted by Crippen LogP contribution is -2.49. The minimum atomic E-state index is -1.78. The Hall–Kier alpha value is -0.643. The highest BCUT2D eigenvalue weighted by Gasteiger charge is 2.40. The molecule has 3 heteroatoms. The van der Waals surface area contributed by atoms with Gasteiger partial charge in [-0.1, -0.05) is 141 Å². The molecule has 1 rings (SSSR count). The van der Waals surface area contributed by atoms with Crippen LogP contribution in [0.1, 0.15) is 130 Å². The molecule has 0 amide bonds. The molecule has 34 heavy (non-hydrogen) atoms. The molecule has 1 N–H and O–H groups in total. The van der Waals surface area contributed by atoms with Gasteiger partial charge >= 0.3 is 0 Å². The van der Waals surface area contributed by atoms with Crippen LogP contribution in [-0.4, -0.2) is 20.5 Å². The molecular weight excluding hydrogens is 430 g/mol. The van der Waals surface area contributed by atoms with E-state index in [0.29, 0.717) is 12.1 Å².